The number of hydrogen-bond donors (Lipinski definition) is 0. The van der Waals surface area contributed by atoms with E-state index in [9.17, 15) is 10.1 Å². The first kappa shape index (κ1) is 15.5. The Labute approximate surface area is 132 Å². The molecule has 0 bridgehead atoms. The molecule has 0 unspecified atom stereocenters. The van der Waals surface area contributed by atoms with Crippen molar-refractivity contribution in [1.82, 2.24) is 0 Å². The Morgan fingerprint density at radius 2 is 1.95 bits per heavy atom. The normalized spacial score (nSPS) is 10.7. The van der Waals surface area contributed by atoms with E-state index in [1.807, 2.05) is 24.3 Å². The third-order valence-corrected chi connectivity index (χ3v) is 4.09. The van der Waals surface area contributed by atoms with E-state index in [4.69, 9.17) is 4.74 Å². The highest BCUT2D eigenvalue weighted by atomic mass is 79.9. The molecule has 2 aromatic rings. The SMILES string of the molecule is CC(C)c1cccc(OCc2cccc([N+](=O)[O-])c2Br)c1. The number of nitro benzene ring substituents is 1. The highest BCUT2D eigenvalue weighted by Gasteiger charge is 2.15. The number of nitro groups is 1. The molecular formula is C16H16BrNO3. The molecule has 2 aromatic carbocycles. The minimum absolute atomic E-state index is 0.0482. The Balaban J connectivity index is 2.15. The summed E-state index contributed by atoms with van der Waals surface area (Å²) in [6.07, 6.45) is 0. The molecule has 0 atom stereocenters. The molecule has 4 nitrogen and oxygen atoms in total. The minimum atomic E-state index is -0.410. The van der Waals surface area contributed by atoms with Crippen molar-refractivity contribution in [2.45, 2.75) is 26.4 Å². The highest BCUT2D eigenvalue weighted by Crippen LogP contribution is 2.29. The first-order valence-electron chi connectivity index (χ1n) is 6.63. The van der Waals surface area contributed by atoms with Crippen LogP contribution >= 0.6 is 15.9 Å². The fourth-order valence-electron chi connectivity index (χ4n) is 1.94. The van der Waals surface area contributed by atoms with Gasteiger partial charge in [-0.05, 0) is 39.5 Å². The molecule has 21 heavy (non-hydrogen) atoms. The molecule has 0 spiro atoms. The third kappa shape index (κ3) is 3.82. The quantitative estimate of drug-likeness (QED) is 0.559. The van der Waals surface area contributed by atoms with Gasteiger partial charge in [-0.2, -0.15) is 0 Å². The Morgan fingerprint density at radius 1 is 1.24 bits per heavy atom. The first-order valence-corrected chi connectivity index (χ1v) is 7.43. The average Bonchev–Trinajstić information content (AvgIpc) is 2.46. The van der Waals surface area contributed by atoms with Gasteiger partial charge in [-0.15, -0.1) is 0 Å². The Kier molecular flexibility index (Phi) is 4.96. The molecular weight excluding hydrogens is 334 g/mol. The molecule has 0 aromatic heterocycles. The smallest absolute Gasteiger partial charge is 0.283 e. The second kappa shape index (κ2) is 6.72. The van der Waals surface area contributed by atoms with Crippen molar-refractivity contribution < 1.29 is 9.66 Å². The predicted molar refractivity (Wildman–Crippen MR) is 85.7 cm³/mol. The molecule has 0 N–H and O–H groups in total. The van der Waals surface area contributed by atoms with E-state index in [0.29, 0.717) is 10.4 Å². The van der Waals surface area contributed by atoms with Crippen LogP contribution in [0.3, 0.4) is 0 Å². The van der Waals surface area contributed by atoms with E-state index >= 15 is 0 Å². The summed E-state index contributed by atoms with van der Waals surface area (Å²) in [6, 6.07) is 12.8. The van der Waals surface area contributed by atoms with Crippen molar-refractivity contribution in [3.63, 3.8) is 0 Å². The maximum absolute atomic E-state index is 10.9. The van der Waals surface area contributed by atoms with Gasteiger partial charge >= 0.3 is 0 Å². The van der Waals surface area contributed by atoms with Gasteiger partial charge in [-0.25, -0.2) is 0 Å². The van der Waals surface area contributed by atoms with Crippen molar-refractivity contribution >= 4 is 21.6 Å². The minimum Gasteiger partial charge on any atom is -0.489 e. The topological polar surface area (TPSA) is 52.4 Å². The molecule has 0 aliphatic heterocycles. The zero-order valence-corrected chi connectivity index (χ0v) is 13.5. The largest absolute Gasteiger partial charge is 0.489 e. The van der Waals surface area contributed by atoms with Crippen molar-refractivity contribution in [2.24, 2.45) is 0 Å². The summed E-state index contributed by atoms with van der Waals surface area (Å²) in [7, 11) is 0. The van der Waals surface area contributed by atoms with Gasteiger partial charge in [0.2, 0.25) is 0 Å². The van der Waals surface area contributed by atoms with E-state index in [2.05, 4.69) is 35.8 Å². The monoisotopic (exact) mass is 349 g/mol. The maximum Gasteiger partial charge on any atom is 0.283 e. The summed E-state index contributed by atoms with van der Waals surface area (Å²) < 4.78 is 6.21. The number of ether oxygens (including phenoxy) is 1. The second-order valence-corrected chi connectivity index (χ2v) is 5.82. The van der Waals surface area contributed by atoms with Crippen molar-refractivity contribution in [3.05, 3.63) is 68.2 Å². The van der Waals surface area contributed by atoms with E-state index in [0.717, 1.165) is 11.3 Å². The fourth-order valence-corrected chi connectivity index (χ4v) is 2.47. The fraction of sp³-hybridized carbons (Fsp3) is 0.250. The standard InChI is InChI=1S/C16H16BrNO3/c1-11(2)12-5-3-7-14(9-12)21-10-13-6-4-8-15(16(13)17)18(19)20/h3-9,11H,10H2,1-2H3. The molecule has 0 fully saturated rings. The van der Waals surface area contributed by atoms with Crippen LogP contribution in [-0.4, -0.2) is 4.92 Å². The summed E-state index contributed by atoms with van der Waals surface area (Å²) in [5, 5.41) is 10.9. The lowest BCUT2D eigenvalue weighted by atomic mass is 10.0. The van der Waals surface area contributed by atoms with Crippen molar-refractivity contribution in [3.8, 4) is 5.75 Å². The van der Waals surface area contributed by atoms with Crippen LogP contribution in [0.5, 0.6) is 5.75 Å². The van der Waals surface area contributed by atoms with Gasteiger partial charge in [0, 0.05) is 11.6 Å². The van der Waals surface area contributed by atoms with E-state index < -0.39 is 4.92 Å². The lowest BCUT2D eigenvalue weighted by molar-refractivity contribution is -0.385. The molecule has 110 valence electrons. The van der Waals surface area contributed by atoms with Crippen LogP contribution < -0.4 is 4.74 Å². The molecule has 0 saturated heterocycles. The van der Waals surface area contributed by atoms with Gasteiger partial charge in [0.05, 0.1) is 4.92 Å². The van der Waals surface area contributed by atoms with Crippen LogP contribution in [0.2, 0.25) is 0 Å². The molecule has 0 aliphatic rings. The van der Waals surface area contributed by atoms with Crippen LogP contribution in [0.1, 0.15) is 30.9 Å². The van der Waals surface area contributed by atoms with Crippen LogP contribution in [0, 0.1) is 10.1 Å². The number of hydrogen-bond acceptors (Lipinski definition) is 3. The molecule has 0 amide bonds. The van der Waals surface area contributed by atoms with Crippen molar-refractivity contribution in [1.29, 1.82) is 0 Å². The lowest BCUT2D eigenvalue weighted by Crippen LogP contribution is -1.99. The number of nitrogens with zero attached hydrogens (tertiary/aromatic N) is 1. The van der Waals surface area contributed by atoms with E-state index in [1.54, 1.807) is 6.07 Å². The molecule has 0 saturated carbocycles. The summed E-state index contributed by atoms with van der Waals surface area (Å²) in [5.74, 6) is 1.19. The summed E-state index contributed by atoms with van der Waals surface area (Å²) in [5.41, 5.74) is 2.00. The number of rotatable bonds is 5. The van der Waals surface area contributed by atoms with Gasteiger partial charge in [-0.1, -0.05) is 38.1 Å². The summed E-state index contributed by atoms with van der Waals surface area (Å²) >= 11 is 3.27. The van der Waals surface area contributed by atoms with Crippen molar-refractivity contribution in [2.75, 3.05) is 0 Å². The van der Waals surface area contributed by atoms with Crippen LogP contribution in [0.25, 0.3) is 0 Å². The van der Waals surface area contributed by atoms with Gasteiger partial charge in [-0.3, -0.25) is 10.1 Å². The van der Waals surface area contributed by atoms with Gasteiger partial charge < -0.3 is 4.74 Å². The zero-order valence-electron chi connectivity index (χ0n) is 11.9. The predicted octanol–water partition coefficient (Wildman–Crippen LogP) is 5.06. The first-order chi connectivity index (χ1) is 9.99. The Bertz CT molecular complexity index is 656. The summed E-state index contributed by atoms with van der Waals surface area (Å²) in [4.78, 5) is 10.5. The number of halogens is 1. The lowest BCUT2D eigenvalue weighted by Gasteiger charge is -2.11. The third-order valence-electron chi connectivity index (χ3n) is 3.17. The summed E-state index contributed by atoms with van der Waals surface area (Å²) in [6.45, 7) is 4.52. The Hall–Kier alpha value is -1.88. The van der Waals surface area contributed by atoms with Crippen LogP contribution in [-0.2, 0) is 6.61 Å². The molecule has 2 rings (SSSR count). The zero-order chi connectivity index (χ0) is 15.4. The molecule has 5 heteroatoms. The second-order valence-electron chi connectivity index (χ2n) is 5.02. The van der Waals surface area contributed by atoms with Gasteiger partial charge in [0.15, 0.2) is 0 Å². The van der Waals surface area contributed by atoms with Gasteiger partial charge in [0.1, 0.15) is 16.8 Å². The maximum atomic E-state index is 10.9. The van der Waals surface area contributed by atoms with Crippen LogP contribution in [0.4, 0.5) is 5.69 Å². The molecule has 0 radical (unpaired) electrons. The Morgan fingerprint density at radius 3 is 2.62 bits per heavy atom. The molecule has 0 heterocycles. The number of benzene rings is 2. The van der Waals surface area contributed by atoms with Crippen LogP contribution in [0.15, 0.2) is 46.9 Å². The van der Waals surface area contributed by atoms with E-state index in [-0.39, 0.29) is 12.3 Å². The van der Waals surface area contributed by atoms with E-state index in [1.165, 1.54) is 11.6 Å². The van der Waals surface area contributed by atoms with Gasteiger partial charge in [0.25, 0.3) is 5.69 Å². The average molecular weight is 350 g/mol. The highest BCUT2D eigenvalue weighted by molar-refractivity contribution is 9.10. The molecule has 0 aliphatic carbocycles.